The van der Waals surface area contributed by atoms with Gasteiger partial charge in [-0.15, -0.1) is 0 Å². The lowest BCUT2D eigenvalue weighted by atomic mass is 9.78. The van der Waals surface area contributed by atoms with Crippen LogP contribution >= 0.6 is 0 Å². The zero-order valence-corrected chi connectivity index (χ0v) is 16.7. The predicted molar refractivity (Wildman–Crippen MR) is 110 cm³/mol. The summed E-state index contributed by atoms with van der Waals surface area (Å²) in [7, 11) is 3.27. The zero-order chi connectivity index (χ0) is 20.7. The molecule has 1 aromatic heterocycles. The maximum atomic E-state index is 13.3. The molecule has 1 N–H and O–H groups in total. The fourth-order valence-electron chi connectivity index (χ4n) is 4.28. The minimum absolute atomic E-state index is 0.0913. The third kappa shape index (κ3) is 3.01. The number of Topliss-reactive ketones (excluding diaryl/α,β-unsaturated/α-hetero) is 1. The SMILES string of the molecule is COc1ccc([C@H]2CC(=O)C3=C(C2)Nc2nnnn2[C@H]3c2ccc(OC)cc2)cc1. The summed E-state index contributed by atoms with van der Waals surface area (Å²) >= 11 is 0. The molecule has 2 atom stereocenters. The highest BCUT2D eigenvalue weighted by Crippen LogP contribution is 2.43. The van der Waals surface area contributed by atoms with Crippen LogP contribution < -0.4 is 14.8 Å². The van der Waals surface area contributed by atoms with Crippen molar-refractivity contribution in [1.82, 2.24) is 20.2 Å². The van der Waals surface area contributed by atoms with Gasteiger partial charge in [-0.1, -0.05) is 29.4 Å². The Bertz CT molecular complexity index is 1120. The van der Waals surface area contributed by atoms with Gasteiger partial charge in [0.2, 0.25) is 5.95 Å². The van der Waals surface area contributed by atoms with Gasteiger partial charge in [0.25, 0.3) is 0 Å². The van der Waals surface area contributed by atoms with Gasteiger partial charge >= 0.3 is 0 Å². The normalized spacial score (nSPS) is 20.3. The van der Waals surface area contributed by atoms with Crippen molar-refractivity contribution < 1.29 is 14.3 Å². The third-order valence-corrected chi connectivity index (χ3v) is 5.80. The number of ketones is 1. The monoisotopic (exact) mass is 403 g/mol. The van der Waals surface area contributed by atoms with Crippen molar-refractivity contribution in [3.8, 4) is 11.5 Å². The second-order valence-corrected chi connectivity index (χ2v) is 7.44. The van der Waals surface area contributed by atoms with Gasteiger partial charge in [0, 0.05) is 17.7 Å². The largest absolute Gasteiger partial charge is 0.497 e. The molecule has 152 valence electrons. The predicted octanol–water partition coefficient (Wildman–Crippen LogP) is 3.11. The van der Waals surface area contributed by atoms with Gasteiger partial charge in [-0.25, -0.2) is 0 Å². The quantitative estimate of drug-likeness (QED) is 0.716. The average molecular weight is 403 g/mol. The molecule has 8 nitrogen and oxygen atoms in total. The van der Waals surface area contributed by atoms with Crippen LogP contribution in [0.25, 0.3) is 0 Å². The molecule has 0 radical (unpaired) electrons. The van der Waals surface area contributed by atoms with Crippen LogP contribution in [-0.4, -0.2) is 40.2 Å². The second kappa shape index (κ2) is 7.29. The number of carbonyl (C=O) groups is 1. The van der Waals surface area contributed by atoms with Gasteiger partial charge < -0.3 is 14.8 Å². The second-order valence-electron chi connectivity index (χ2n) is 7.44. The molecule has 0 fully saturated rings. The summed E-state index contributed by atoms with van der Waals surface area (Å²) in [5, 5.41) is 15.4. The van der Waals surface area contributed by atoms with E-state index >= 15 is 0 Å². The maximum Gasteiger partial charge on any atom is 0.248 e. The molecule has 2 aromatic carbocycles. The molecular weight excluding hydrogens is 382 g/mol. The molecule has 2 heterocycles. The van der Waals surface area contributed by atoms with Crippen molar-refractivity contribution in [2.24, 2.45) is 0 Å². The molecule has 1 aliphatic carbocycles. The standard InChI is InChI=1S/C22H21N5O3/c1-29-16-7-3-13(4-8-16)15-11-18-20(19(28)12-15)21(27-22(23-18)24-25-26-27)14-5-9-17(30-2)10-6-14/h3-10,15,21H,11-12H2,1-2H3,(H,23,24,26)/t15-,21+/m1/s1. The highest BCUT2D eigenvalue weighted by Gasteiger charge is 2.39. The molecule has 0 bridgehead atoms. The number of nitrogens with one attached hydrogen (secondary N) is 1. The molecule has 3 aromatic rings. The van der Waals surface area contributed by atoms with Crippen LogP contribution in [0.3, 0.4) is 0 Å². The number of ether oxygens (including phenoxy) is 2. The summed E-state index contributed by atoms with van der Waals surface area (Å²) in [6.45, 7) is 0. The number of aromatic nitrogens is 4. The molecule has 0 unspecified atom stereocenters. The number of methoxy groups -OCH3 is 2. The first-order chi connectivity index (χ1) is 14.7. The van der Waals surface area contributed by atoms with Crippen molar-refractivity contribution in [3.63, 3.8) is 0 Å². The Labute approximate surface area is 173 Å². The Kier molecular flexibility index (Phi) is 4.46. The molecule has 5 rings (SSSR count). The first kappa shape index (κ1) is 18.4. The Morgan fingerprint density at radius 2 is 1.57 bits per heavy atom. The van der Waals surface area contributed by atoms with Crippen molar-refractivity contribution in [3.05, 3.63) is 70.9 Å². The fraction of sp³-hybridized carbons (Fsp3) is 0.273. The minimum Gasteiger partial charge on any atom is -0.497 e. The summed E-state index contributed by atoms with van der Waals surface area (Å²) < 4.78 is 12.2. The summed E-state index contributed by atoms with van der Waals surface area (Å²) in [6.07, 6.45) is 1.16. The highest BCUT2D eigenvalue weighted by molar-refractivity contribution is 6.00. The Balaban J connectivity index is 1.54. The molecular formula is C22H21N5O3. The Morgan fingerprint density at radius 3 is 2.20 bits per heavy atom. The molecule has 0 saturated heterocycles. The summed E-state index contributed by atoms with van der Waals surface area (Å²) in [6, 6.07) is 15.2. The minimum atomic E-state index is -0.360. The van der Waals surface area contributed by atoms with E-state index in [4.69, 9.17) is 9.47 Å². The van der Waals surface area contributed by atoms with Gasteiger partial charge in [0.15, 0.2) is 5.78 Å². The van der Waals surface area contributed by atoms with E-state index < -0.39 is 0 Å². The van der Waals surface area contributed by atoms with Gasteiger partial charge in [-0.2, -0.15) is 4.68 Å². The van der Waals surface area contributed by atoms with E-state index in [1.807, 2.05) is 48.5 Å². The van der Waals surface area contributed by atoms with E-state index in [2.05, 4.69) is 20.8 Å². The van der Waals surface area contributed by atoms with Crippen molar-refractivity contribution >= 4 is 11.7 Å². The molecule has 0 saturated carbocycles. The average Bonchev–Trinajstić information content (AvgIpc) is 3.26. The van der Waals surface area contributed by atoms with E-state index in [1.54, 1.807) is 18.9 Å². The summed E-state index contributed by atoms with van der Waals surface area (Å²) in [5.74, 6) is 2.29. The number of allylic oxidation sites excluding steroid dienone is 2. The van der Waals surface area contributed by atoms with Crippen molar-refractivity contribution in [2.45, 2.75) is 24.8 Å². The third-order valence-electron chi connectivity index (χ3n) is 5.80. The van der Waals surface area contributed by atoms with E-state index in [-0.39, 0.29) is 17.7 Å². The van der Waals surface area contributed by atoms with Gasteiger partial charge in [0.05, 0.1) is 14.2 Å². The van der Waals surface area contributed by atoms with Crippen LogP contribution in [0.5, 0.6) is 11.5 Å². The number of hydrogen-bond donors (Lipinski definition) is 1. The Morgan fingerprint density at radius 1 is 0.933 bits per heavy atom. The highest BCUT2D eigenvalue weighted by atomic mass is 16.5. The molecule has 0 spiro atoms. The molecule has 2 aliphatic rings. The van der Waals surface area contributed by atoms with Crippen LogP contribution in [0.15, 0.2) is 59.8 Å². The van der Waals surface area contributed by atoms with E-state index in [0.717, 1.165) is 33.9 Å². The molecule has 8 heteroatoms. The smallest absolute Gasteiger partial charge is 0.248 e. The lowest BCUT2D eigenvalue weighted by molar-refractivity contribution is -0.116. The van der Waals surface area contributed by atoms with Gasteiger partial charge in [-0.05, 0) is 58.2 Å². The van der Waals surface area contributed by atoms with E-state index in [9.17, 15) is 4.79 Å². The van der Waals surface area contributed by atoms with Gasteiger partial charge in [-0.3, -0.25) is 4.79 Å². The topological polar surface area (TPSA) is 91.2 Å². The number of tetrazole rings is 1. The van der Waals surface area contributed by atoms with Crippen molar-refractivity contribution in [1.29, 1.82) is 0 Å². The number of nitrogens with zero attached hydrogens (tertiary/aromatic N) is 4. The number of carbonyl (C=O) groups excluding carboxylic acids is 1. The number of fused-ring (bicyclic) bond motifs is 1. The summed E-state index contributed by atoms with van der Waals surface area (Å²) in [4.78, 5) is 13.3. The van der Waals surface area contributed by atoms with Crippen LogP contribution in [0, 0.1) is 0 Å². The molecule has 0 amide bonds. The molecule has 30 heavy (non-hydrogen) atoms. The summed E-state index contributed by atoms with van der Waals surface area (Å²) in [5.41, 5.74) is 3.66. The van der Waals surface area contributed by atoms with Crippen LogP contribution in [0.1, 0.15) is 35.9 Å². The number of anilines is 1. The Hall–Kier alpha value is -3.68. The number of hydrogen-bond acceptors (Lipinski definition) is 7. The first-order valence-electron chi connectivity index (χ1n) is 9.77. The molecule has 1 aliphatic heterocycles. The van der Waals surface area contributed by atoms with Crippen LogP contribution in [0.4, 0.5) is 5.95 Å². The lowest BCUT2D eigenvalue weighted by Crippen LogP contribution is -2.33. The first-order valence-corrected chi connectivity index (χ1v) is 9.77. The maximum absolute atomic E-state index is 13.3. The van der Waals surface area contributed by atoms with Crippen LogP contribution in [0.2, 0.25) is 0 Å². The van der Waals surface area contributed by atoms with E-state index in [0.29, 0.717) is 18.8 Å². The lowest BCUT2D eigenvalue weighted by Gasteiger charge is -2.34. The zero-order valence-electron chi connectivity index (χ0n) is 16.7. The fourth-order valence-corrected chi connectivity index (χ4v) is 4.28. The van der Waals surface area contributed by atoms with Gasteiger partial charge in [0.1, 0.15) is 17.5 Å². The number of benzene rings is 2. The van der Waals surface area contributed by atoms with E-state index in [1.165, 1.54) is 0 Å². The van der Waals surface area contributed by atoms with Crippen molar-refractivity contribution in [2.75, 3.05) is 19.5 Å². The van der Waals surface area contributed by atoms with Crippen LogP contribution in [-0.2, 0) is 4.79 Å². The number of rotatable bonds is 4.